The summed E-state index contributed by atoms with van der Waals surface area (Å²) in [6, 6.07) is 0.200. The van der Waals surface area contributed by atoms with Gasteiger partial charge in [-0.2, -0.15) is 5.10 Å². The van der Waals surface area contributed by atoms with Gasteiger partial charge < -0.3 is 14.6 Å². The Morgan fingerprint density at radius 1 is 1.47 bits per heavy atom. The van der Waals surface area contributed by atoms with Gasteiger partial charge in [-0.05, 0) is 13.8 Å². The lowest BCUT2D eigenvalue weighted by atomic mass is 9.97. The third kappa shape index (κ3) is 3.36. The molecule has 1 aromatic rings. The Kier molecular flexibility index (Phi) is 4.40. The van der Waals surface area contributed by atoms with Crippen LogP contribution < -0.4 is 9.47 Å². The van der Waals surface area contributed by atoms with E-state index < -0.39 is 0 Å². The summed E-state index contributed by atoms with van der Waals surface area (Å²) in [5.74, 6) is 1.23. The van der Waals surface area contributed by atoms with Crippen LogP contribution in [0.4, 0.5) is 0 Å². The molecule has 0 unspecified atom stereocenters. The quantitative estimate of drug-likeness (QED) is 0.827. The summed E-state index contributed by atoms with van der Waals surface area (Å²) in [4.78, 5) is 0. The van der Waals surface area contributed by atoms with Crippen LogP contribution in [0.1, 0.15) is 33.7 Å². The van der Waals surface area contributed by atoms with Gasteiger partial charge in [0, 0.05) is 5.41 Å². The van der Waals surface area contributed by atoms with Crippen LogP contribution in [0.25, 0.3) is 0 Å². The van der Waals surface area contributed by atoms with E-state index in [0.717, 1.165) is 0 Å². The number of ether oxygens (including phenoxy) is 2. The second-order valence-electron chi connectivity index (χ2n) is 5.17. The van der Waals surface area contributed by atoms with Crippen molar-refractivity contribution in [3.8, 4) is 11.6 Å². The van der Waals surface area contributed by atoms with Gasteiger partial charge in [-0.3, -0.25) is 0 Å². The highest BCUT2D eigenvalue weighted by Gasteiger charge is 2.21. The number of hydrogen-bond donors (Lipinski definition) is 1. The number of methoxy groups -OCH3 is 1. The first-order valence-corrected chi connectivity index (χ1v) is 5.76. The molecule has 0 aliphatic heterocycles. The molecule has 0 bridgehead atoms. The van der Waals surface area contributed by atoms with Crippen molar-refractivity contribution in [2.24, 2.45) is 5.41 Å². The van der Waals surface area contributed by atoms with E-state index in [4.69, 9.17) is 9.47 Å². The standard InChI is InChI=1S/C12H22N2O3/c1-9(2)14-11(10(16-5)6-13-14)17-8-12(3,4)7-15/h6,9,15H,7-8H2,1-5H3. The minimum Gasteiger partial charge on any atom is -0.490 e. The van der Waals surface area contributed by atoms with Crippen LogP contribution >= 0.6 is 0 Å². The van der Waals surface area contributed by atoms with Gasteiger partial charge in [-0.15, -0.1) is 0 Å². The number of aromatic nitrogens is 2. The zero-order valence-electron chi connectivity index (χ0n) is 11.2. The van der Waals surface area contributed by atoms with Gasteiger partial charge in [-0.1, -0.05) is 13.8 Å². The minimum absolute atomic E-state index is 0.0745. The molecule has 1 heterocycles. The van der Waals surface area contributed by atoms with E-state index in [2.05, 4.69) is 5.10 Å². The van der Waals surface area contributed by atoms with Crippen LogP contribution in [0.2, 0.25) is 0 Å². The first-order valence-electron chi connectivity index (χ1n) is 5.76. The van der Waals surface area contributed by atoms with Crippen molar-refractivity contribution in [1.82, 2.24) is 9.78 Å². The molecule has 0 saturated heterocycles. The molecule has 0 aromatic carbocycles. The Bertz CT molecular complexity index is 359. The van der Waals surface area contributed by atoms with Crippen molar-refractivity contribution in [2.75, 3.05) is 20.3 Å². The first kappa shape index (κ1) is 13.8. The SMILES string of the molecule is COc1cnn(C(C)C)c1OCC(C)(C)CO. The fourth-order valence-electron chi connectivity index (χ4n) is 1.29. The van der Waals surface area contributed by atoms with Gasteiger partial charge in [0.05, 0.1) is 32.6 Å². The summed E-state index contributed by atoms with van der Waals surface area (Å²) in [7, 11) is 1.59. The largest absolute Gasteiger partial charge is 0.490 e. The maximum absolute atomic E-state index is 9.19. The Morgan fingerprint density at radius 2 is 2.12 bits per heavy atom. The molecule has 0 aliphatic rings. The fourth-order valence-corrected chi connectivity index (χ4v) is 1.29. The molecular weight excluding hydrogens is 220 g/mol. The smallest absolute Gasteiger partial charge is 0.255 e. The van der Waals surface area contributed by atoms with E-state index in [9.17, 15) is 5.11 Å². The van der Waals surface area contributed by atoms with Crippen LogP contribution in [0.5, 0.6) is 11.6 Å². The number of aliphatic hydroxyl groups is 1. The predicted octanol–water partition coefficient (Wildman–Crippen LogP) is 1.87. The van der Waals surface area contributed by atoms with Crippen LogP contribution in [0, 0.1) is 5.41 Å². The molecule has 17 heavy (non-hydrogen) atoms. The van der Waals surface area contributed by atoms with E-state index in [1.165, 1.54) is 0 Å². The summed E-state index contributed by atoms with van der Waals surface area (Å²) in [5.41, 5.74) is -0.281. The minimum atomic E-state index is -0.281. The zero-order chi connectivity index (χ0) is 13.1. The van der Waals surface area contributed by atoms with Crippen molar-refractivity contribution in [2.45, 2.75) is 33.7 Å². The van der Waals surface area contributed by atoms with Crippen molar-refractivity contribution < 1.29 is 14.6 Å². The molecule has 0 saturated carbocycles. The van der Waals surface area contributed by atoms with Gasteiger partial charge in [0.2, 0.25) is 5.75 Å². The van der Waals surface area contributed by atoms with Crippen LogP contribution in [0.3, 0.4) is 0 Å². The molecule has 0 aliphatic carbocycles. The number of hydrogen-bond acceptors (Lipinski definition) is 4. The molecule has 0 spiro atoms. The molecule has 1 N–H and O–H groups in total. The Labute approximate surface area is 102 Å². The summed E-state index contributed by atoms with van der Waals surface area (Å²) < 4.78 is 12.7. The molecule has 0 atom stereocenters. The molecule has 1 aromatic heterocycles. The van der Waals surface area contributed by atoms with Crippen LogP contribution in [-0.4, -0.2) is 35.2 Å². The third-order valence-electron chi connectivity index (χ3n) is 2.45. The second-order valence-corrected chi connectivity index (χ2v) is 5.17. The van der Waals surface area contributed by atoms with E-state index in [1.807, 2.05) is 27.7 Å². The molecule has 98 valence electrons. The van der Waals surface area contributed by atoms with Gasteiger partial charge in [0.25, 0.3) is 5.88 Å². The van der Waals surface area contributed by atoms with E-state index in [-0.39, 0.29) is 18.1 Å². The highest BCUT2D eigenvalue weighted by Crippen LogP contribution is 2.30. The predicted molar refractivity (Wildman–Crippen MR) is 65.5 cm³/mol. The lowest BCUT2D eigenvalue weighted by Gasteiger charge is -2.22. The summed E-state index contributed by atoms with van der Waals surface area (Å²) in [6.07, 6.45) is 1.64. The Hall–Kier alpha value is -1.23. The topological polar surface area (TPSA) is 56.5 Å². The third-order valence-corrected chi connectivity index (χ3v) is 2.45. The number of nitrogens with zero attached hydrogens (tertiary/aromatic N) is 2. The normalized spacial score (nSPS) is 11.9. The average molecular weight is 242 g/mol. The second kappa shape index (κ2) is 5.40. The molecule has 0 radical (unpaired) electrons. The monoisotopic (exact) mass is 242 g/mol. The van der Waals surface area contributed by atoms with Gasteiger partial charge >= 0.3 is 0 Å². The molecule has 0 amide bonds. The molecule has 0 fully saturated rings. The number of rotatable bonds is 6. The Morgan fingerprint density at radius 3 is 2.59 bits per heavy atom. The number of aliphatic hydroxyl groups excluding tert-OH is 1. The maximum atomic E-state index is 9.19. The highest BCUT2D eigenvalue weighted by atomic mass is 16.5. The van der Waals surface area contributed by atoms with Crippen molar-refractivity contribution in [3.05, 3.63) is 6.20 Å². The summed E-state index contributed by atoms with van der Waals surface area (Å²) in [6.45, 7) is 8.42. The van der Waals surface area contributed by atoms with E-state index in [1.54, 1.807) is 18.0 Å². The first-order chi connectivity index (χ1) is 7.91. The summed E-state index contributed by atoms with van der Waals surface area (Å²) >= 11 is 0. The maximum Gasteiger partial charge on any atom is 0.255 e. The lowest BCUT2D eigenvalue weighted by molar-refractivity contribution is 0.0894. The van der Waals surface area contributed by atoms with Crippen molar-refractivity contribution in [1.29, 1.82) is 0 Å². The lowest BCUT2D eigenvalue weighted by Crippen LogP contribution is -2.26. The van der Waals surface area contributed by atoms with Gasteiger partial charge in [0.1, 0.15) is 0 Å². The molecular formula is C12H22N2O3. The van der Waals surface area contributed by atoms with Crippen LogP contribution in [0.15, 0.2) is 6.20 Å². The zero-order valence-corrected chi connectivity index (χ0v) is 11.2. The van der Waals surface area contributed by atoms with Crippen molar-refractivity contribution in [3.63, 3.8) is 0 Å². The summed E-state index contributed by atoms with van der Waals surface area (Å²) in [5, 5.41) is 13.4. The van der Waals surface area contributed by atoms with E-state index in [0.29, 0.717) is 18.2 Å². The van der Waals surface area contributed by atoms with Crippen molar-refractivity contribution >= 4 is 0 Å². The fraction of sp³-hybridized carbons (Fsp3) is 0.750. The van der Waals surface area contributed by atoms with E-state index >= 15 is 0 Å². The van der Waals surface area contributed by atoms with Crippen LogP contribution in [-0.2, 0) is 0 Å². The Balaban J connectivity index is 2.84. The van der Waals surface area contributed by atoms with Gasteiger partial charge in [-0.25, -0.2) is 4.68 Å². The average Bonchev–Trinajstić information content (AvgIpc) is 2.69. The molecule has 1 rings (SSSR count). The molecule has 5 nitrogen and oxygen atoms in total. The molecule has 5 heteroatoms. The highest BCUT2D eigenvalue weighted by molar-refractivity contribution is 5.31. The van der Waals surface area contributed by atoms with Gasteiger partial charge in [0.15, 0.2) is 0 Å².